The summed E-state index contributed by atoms with van der Waals surface area (Å²) in [5, 5.41) is 9.06. The lowest BCUT2D eigenvalue weighted by Crippen LogP contribution is -2.30. The van der Waals surface area contributed by atoms with E-state index in [1.807, 2.05) is 6.92 Å². The molecule has 0 amide bonds. The van der Waals surface area contributed by atoms with E-state index in [-0.39, 0.29) is 11.4 Å². The largest absolute Gasteiger partial charge is 0.398 e. The monoisotopic (exact) mass is 258 g/mol. The Morgan fingerprint density at radius 3 is 2.47 bits per heavy atom. The molecule has 0 heterocycles. The third-order valence-electron chi connectivity index (χ3n) is 2.56. The van der Waals surface area contributed by atoms with Crippen LogP contribution in [0.3, 0.4) is 0 Å². The van der Waals surface area contributed by atoms with Gasteiger partial charge in [-0.25, -0.2) is 13.1 Å². The summed E-state index contributed by atoms with van der Waals surface area (Å²) in [6.07, 6.45) is -0.728. The van der Waals surface area contributed by atoms with Gasteiger partial charge >= 0.3 is 0 Å². The van der Waals surface area contributed by atoms with Crippen LogP contribution in [0.25, 0.3) is 0 Å². The normalized spacial score (nSPS) is 13.6. The molecule has 6 heteroatoms. The van der Waals surface area contributed by atoms with Gasteiger partial charge in [0.15, 0.2) is 0 Å². The van der Waals surface area contributed by atoms with Gasteiger partial charge in [0.2, 0.25) is 10.0 Å². The molecule has 1 rings (SSSR count). The average molecular weight is 258 g/mol. The number of aliphatic hydroxyl groups is 1. The zero-order valence-electron chi connectivity index (χ0n) is 10.2. The van der Waals surface area contributed by atoms with Crippen LogP contribution >= 0.6 is 0 Å². The minimum absolute atomic E-state index is 0.0187. The van der Waals surface area contributed by atoms with Crippen molar-refractivity contribution in [2.75, 3.05) is 12.3 Å². The van der Waals surface area contributed by atoms with E-state index < -0.39 is 16.1 Å². The summed E-state index contributed by atoms with van der Waals surface area (Å²) in [6.45, 7) is 5.14. The van der Waals surface area contributed by atoms with Crippen LogP contribution in [0, 0.1) is 13.8 Å². The van der Waals surface area contributed by atoms with Crippen LogP contribution in [-0.2, 0) is 10.0 Å². The summed E-state index contributed by atoms with van der Waals surface area (Å²) in [5.41, 5.74) is 7.88. The Morgan fingerprint density at radius 1 is 1.41 bits per heavy atom. The SMILES string of the molecule is Cc1cc(S(=O)(=O)NCC(C)O)cc(N)c1C. The highest BCUT2D eigenvalue weighted by molar-refractivity contribution is 7.89. The van der Waals surface area contributed by atoms with Crippen molar-refractivity contribution in [2.24, 2.45) is 0 Å². The molecule has 0 bridgehead atoms. The molecule has 1 aromatic rings. The molecule has 0 aromatic heterocycles. The van der Waals surface area contributed by atoms with Crippen molar-refractivity contribution < 1.29 is 13.5 Å². The fourth-order valence-corrected chi connectivity index (χ4v) is 2.56. The first-order valence-corrected chi connectivity index (χ1v) is 6.77. The molecule has 4 N–H and O–H groups in total. The second-order valence-electron chi connectivity index (χ2n) is 4.16. The Bertz CT molecular complexity index is 486. The van der Waals surface area contributed by atoms with Gasteiger partial charge in [-0.2, -0.15) is 0 Å². The number of anilines is 1. The molecule has 0 aliphatic carbocycles. The molecular weight excluding hydrogens is 240 g/mol. The number of rotatable bonds is 4. The standard InChI is InChI=1S/C11H18N2O3S/c1-7-4-10(5-11(12)9(7)3)17(15,16)13-6-8(2)14/h4-5,8,13-14H,6,12H2,1-3H3. The van der Waals surface area contributed by atoms with Gasteiger partial charge in [0.05, 0.1) is 11.0 Å². The van der Waals surface area contributed by atoms with Gasteiger partial charge in [-0.1, -0.05) is 0 Å². The van der Waals surface area contributed by atoms with Gasteiger partial charge < -0.3 is 10.8 Å². The third kappa shape index (κ3) is 3.42. The number of sulfonamides is 1. The average Bonchev–Trinajstić information content (AvgIpc) is 2.22. The van der Waals surface area contributed by atoms with Crippen molar-refractivity contribution in [3.8, 4) is 0 Å². The van der Waals surface area contributed by atoms with Crippen molar-refractivity contribution in [2.45, 2.75) is 31.8 Å². The molecule has 0 saturated heterocycles. The Kier molecular flexibility index (Phi) is 4.13. The van der Waals surface area contributed by atoms with E-state index in [0.717, 1.165) is 11.1 Å². The summed E-state index contributed by atoms with van der Waals surface area (Å²) >= 11 is 0. The highest BCUT2D eigenvalue weighted by atomic mass is 32.2. The van der Waals surface area contributed by atoms with Gasteiger partial charge in [0.25, 0.3) is 0 Å². The van der Waals surface area contributed by atoms with Crippen LogP contribution in [-0.4, -0.2) is 26.2 Å². The summed E-state index contributed by atoms with van der Waals surface area (Å²) < 4.78 is 26.1. The minimum Gasteiger partial charge on any atom is -0.398 e. The number of hydrogen-bond donors (Lipinski definition) is 3. The Hall–Kier alpha value is -1.11. The molecule has 0 spiro atoms. The van der Waals surface area contributed by atoms with E-state index in [0.29, 0.717) is 5.69 Å². The molecule has 0 saturated carbocycles. The summed E-state index contributed by atoms with van der Waals surface area (Å²) in [5.74, 6) is 0. The van der Waals surface area contributed by atoms with Crippen LogP contribution in [0.1, 0.15) is 18.1 Å². The number of nitrogens with two attached hydrogens (primary N) is 1. The number of hydrogen-bond acceptors (Lipinski definition) is 4. The van der Waals surface area contributed by atoms with Crippen molar-refractivity contribution in [3.05, 3.63) is 23.3 Å². The molecule has 96 valence electrons. The lowest BCUT2D eigenvalue weighted by molar-refractivity contribution is 0.198. The van der Waals surface area contributed by atoms with Crippen LogP contribution in [0.5, 0.6) is 0 Å². The number of aryl methyl sites for hydroxylation is 1. The fraction of sp³-hybridized carbons (Fsp3) is 0.455. The molecule has 17 heavy (non-hydrogen) atoms. The van der Waals surface area contributed by atoms with E-state index in [1.54, 1.807) is 13.0 Å². The molecule has 1 atom stereocenters. The highest BCUT2D eigenvalue weighted by Gasteiger charge is 2.16. The van der Waals surface area contributed by atoms with Crippen molar-refractivity contribution in [1.29, 1.82) is 0 Å². The quantitative estimate of drug-likeness (QED) is 0.687. The van der Waals surface area contributed by atoms with Gasteiger partial charge in [-0.05, 0) is 44.0 Å². The van der Waals surface area contributed by atoms with E-state index in [9.17, 15) is 8.42 Å². The number of nitrogens with one attached hydrogen (secondary N) is 1. The molecule has 1 aromatic carbocycles. The van der Waals surface area contributed by atoms with Crippen molar-refractivity contribution in [1.82, 2.24) is 4.72 Å². The topological polar surface area (TPSA) is 92.4 Å². The van der Waals surface area contributed by atoms with Crippen LogP contribution < -0.4 is 10.5 Å². The lowest BCUT2D eigenvalue weighted by Gasteiger charge is -2.11. The van der Waals surface area contributed by atoms with Gasteiger partial charge in [0, 0.05) is 12.2 Å². The maximum Gasteiger partial charge on any atom is 0.240 e. The third-order valence-corrected chi connectivity index (χ3v) is 3.96. The summed E-state index contributed by atoms with van der Waals surface area (Å²) in [6, 6.07) is 2.99. The Balaban J connectivity index is 3.08. The first kappa shape index (κ1) is 14.0. The van der Waals surface area contributed by atoms with Crippen molar-refractivity contribution >= 4 is 15.7 Å². The smallest absolute Gasteiger partial charge is 0.240 e. The van der Waals surface area contributed by atoms with E-state index in [4.69, 9.17) is 10.8 Å². The molecule has 0 aliphatic rings. The highest BCUT2D eigenvalue weighted by Crippen LogP contribution is 2.21. The molecular formula is C11H18N2O3S. The first-order valence-electron chi connectivity index (χ1n) is 5.28. The maximum atomic E-state index is 11.9. The van der Waals surface area contributed by atoms with Gasteiger partial charge in [0.1, 0.15) is 0 Å². The number of nitrogen functional groups attached to an aromatic ring is 1. The number of benzene rings is 1. The number of aliphatic hydroxyl groups excluding tert-OH is 1. The van der Waals surface area contributed by atoms with Gasteiger partial charge in [-0.15, -0.1) is 0 Å². The van der Waals surface area contributed by atoms with E-state index in [1.165, 1.54) is 13.0 Å². The van der Waals surface area contributed by atoms with Crippen LogP contribution in [0.2, 0.25) is 0 Å². The van der Waals surface area contributed by atoms with E-state index in [2.05, 4.69) is 4.72 Å². The van der Waals surface area contributed by atoms with Gasteiger partial charge in [-0.3, -0.25) is 0 Å². The lowest BCUT2D eigenvalue weighted by atomic mass is 10.1. The Labute approximate surface area is 102 Å². The maximum absolute atomic E-state index is 11.9. The first-order chi connectivity index (χ1) is 7.74. The predicted octanol–water partition coefficient (Wildman–Crippen LogP) is 0.545. The summed E-state index contributed by atoms with van der Waals surface area (Å²) in [4.78, 5) is 0.124. The second-order valence-corrected chi connectivity index (χ2v) is 5.92. The fourth-order valence-electron chi connectivity index (χ4n) is 1.32. The predicted molar refractivity (Wildman–Crippen MR) is 67.2 cm³/mol. The summed E-state index contributed by atoms with van der Waals surface area (Å²) in [7, 11) is -3.61. The van der Waals surface area contributed by atoms with E-state index >= 15 is 0 Å². The second kappa shape index (κ2) is 5.03. The van der Waals surface area contributed by atoms with Crippen LogP contribution in [0.4, 0.5) is 5.69 Å². The molecule has 1 unspecified atom stereocenters. The molecule has 0 aliphatic heterocycles. The zero-order valence-corrected chi connectivity index (χ0v) is 11.0. The Morgan fingerprint density at radius 2 is 2.00 bits per heavy atom. The molecule has 0 fully saturated rings. The zero-order chi connectivity index (χ0) is 13.2. The van der Waals surface area contributed by atoms with Crippen LogP contribution in [0.15, 0.2) is 17.0 Å². The molecule has 5 nitrogen and oxygen atoms in total. The van der Waals surface area contributed by atoms with Crippen molar-refractivity contribution in [3.63, 3.8) is 0 Å². The molecule has 0 radical (unpaired) electrons. The minimum atomic E-state index is -3.61.